The summed E-state index contributed by atoms with van der Waals surface area (Å²) in [6.45, 7) is -0.250. The first-order valence-electron chi connectivity index (χ1n) is 1.21. The Kier molecular flexibility index (Phi) is 11.6. The van der Waals surface area contributed by atoms with Crippen molar-refractivity contribution < 1.29 is 19.8 Å². The van der Waals surface area contributed by atoms with Crippen LogP contribution in [0.15, 0.2) is 0 Å². The summed E-state index contributed by atoms with van der Waals surface area (Å²) in [5.74, 6) is 0. The number of nitrogens with two attached hydrogens (primary N) is 1. The van der Waals surface area contributed by atoms with E-state index in [1.54, 1.807) is 0 Å². The molecule has 42 valence electrons. The van der Waals surface area contributed by atoms with Crippen molar-refractivity contribution in [2.75, 3.05) is 0 Å². The van der Waals surface area contributed by atoms with Gasteiger partial charge in [-0.15, -0.1) is 0 Å². The predicted molar refractivity (Wildman–Crippen MR) is 20.9 cm³/mol. The fraction of sp³-hybridized carbons (Fsp3) is 0. The molecular formula is C2H5NO4. The molecule has 0 rings (SSSR count). The highest BCUT2D eigenvalue weighted by Crippen LogP contribution is 1.34. The molecule has 0 bridgehead atoms. The van der Waals surface area contributed by atoms with Gasteiger partial charge >= 0.3 is 6.09 Å². The first-order valence-corrected chi connectivity index (χ1v) is 1.21. The van der Waals surface area contributed by atoms with Gasteiger partial charge in [0.15, 0.2) is 0 Å². The van der Waals surface area contributed by atoms with Crippen molar-refractivity contribution in [3.8, 4) is 0 Å². The molecule has 0 aromatic rings. The number of rotatable bonds is 0. The van der Waals surface area contributed by atoms with E-state index in [2.05, 4.69) is 5.73 Å². The van der Waals surface area contributed by atoms with Gasteiger partial charge in [-0.2, -0.15) is 0 Å². The second-order valence-electron chi connectivity index (χ2n) is 0.444. The molecule has 0 aromatic heterocycles. The summed E-state index contributed by atoms with van der Waals surface area (Å²) >= 11 is 0. The van der Waals surface area contributed by atoms with E-state index in [4.69, 9.17) is 19.8 Å². The van der Waals surface area contributed by atoms with E-state index >= 15 is 0 Å². The molecular weight excluding hydrogens is 102 g/mol. The van der Waals surface area contributed by atoms with Crippen molar-refractivity contribution >= 4 is 12.6 Å². The lowest BCUT2D eigenvalue weighted by molar-refractivity contribution is -0.122. The number of hydrogen-bond donors (Lipinski definition) is 3. The maximum Gasteiger partial charge on any atom is 0.402 e. The second kappa shape index (κ2) is 8.83. The number of hydrogen-bond acceptors (Lipinski definition) is 2. The minimum Gasteiger partial charge on any atom is -0.483 e. The van der Waals surface area contributed by atoms with E-state index in [-0.39, 0.29) is 6.47 Å². The van der Waals surface area contributed by atoms with E-state index in [0.29, 0.717) is 0 Å². The molecule has 0 radical (unpaired) electrons. The molecule has 1 amide bonds. The fourth-order valence-electron chi connectivity index (χ4n) is 0. The van der Waals surface area contributed by atoms with Crippen molar-refractivity contribution in [1.82, 2.24) is 0 Å². The van der Waals surface area contributed by atoms with Crippen LogP contribution in [0, 0.1) is 0 Å². The minimum absolute atomic E-state index is 0.250. The maximum atomic E-state index is 8.78. The van der Waals surface area contributed by atoms with Gasteiger partial charge in [-0.25, -0.2) is 4.79 Å². The number of carbonyl (C=O) groups is 2. The molecule has 7 heavy (non-hydrogen) atoms. The van der Waals surface area contributed by atoms with Crippen LogP contribution in [0.25, 0.3) is 0 Å². The number of amides is 1. The Balaban J connectivity index is 0. The standard InChI is InChI=1S/CH3NO2.CH2O2/c2-1(3)4;2-1-3/h2H2,(H,3,4);1H,(H,2,3). The first kappa shape index (κ1) is 9.22. The molecule has 0 heterocycles. The lowest BCUT2D eigenvalue weighted by Gasteiger charge is -1.61. The maximum absolute atomic E-state index is 8.78. The molecule has 0 atom stereocenters. The van der Waals surface area contributed by atoms with Crippen LogP contribution in [0.4, 0.5) is 4.79 Å². The third kappa shape index (κ3) is 22.4. The molecule has 0 unspecified atom stereocenters. The van der Waals surface area contributed by atoms with Crippen LogP contribution in [0.2, 0.25) is 0 Å². The average Bonchev–Trinajstić information content (AvgIpc) is 1.33. The van der Waals surface area contributed by atoms with Gasteiger partial charge in [0.25, 0.3) is 6.47 Å². The Morgan fingerprint density at radius 2 is 1.71 bits per heavy atom. The van der Waals surface area contributed by atoms with Gasteiger partial charge in [-0.3, -0.25) is 4.79 Å². The van der Waals surface area contributed by atoms with Crippen LogP contribution in [-0.4, -0.2) is 22.8 Å². The second-order valence-corrected chi connectivity index (χ2v) is 0.444. The Bertz CT molecular complexity index is 56.7. The van der Waals surface area contributed by atoms with Gasteiger partial charge in [0.2, 0.25) is 0 Å². The Labute approximate surface area is 39.4 Å². The van der Waals surface area contributed by atoms with Crippen LogP contribution < -0.4 is 5.73 Å². The Morgan fingerprint density at radius 1 is 1.71 bits per heavy atom. The quantitative estimate of drug-likeness (QED) is 0.357. The summed E-state index contributed by atoms with van der Waals surface area (Å²) in [7, 11) is 0. The molecule has 4 N–H and O–H groups in total. The van der Waals surface area contributed by atoms with Crippen LogP contribution in [0.5, 0.6) is 0 Å². The van der Waals surface area contributed by atoms with Crippen LogP contribution >= 0.6 is 0 Å². The average molecular weight is 107 g/mol. The zero-order valence-corrected chi connectivity index (χ0v) is 3.37. The lowest BCUT2D eigenvalue weighted by Crippen LogP contribution is -2.03. The highest BCUT2D eigenvalue weighted by atomic mass is 16.4. The largest absolute Gasteiger partial charge is 0.483 e. The predicted octanol–water partition coefficient (Wildman–Crippen LogP) is -0.676. The molecule has 5 nitrogen and oxygen atoms in total. The first-order chi connectivity index (χ1) is 3.15. The molecule has 0 aromatic carbocycles. The van der Waals surface area contributed by atoms with Gasteiger partial charge in [-0.1, -0.05) is 0 Å². The summed E-state index contributed by atoms with van der Waals surface area (Å²) in [5.41, 5.74) is 4.03. The molecule has 0 saturated heterocycles. The molecule has 0 fully saturated rings. The molecule has 5 heteroatoms. The summed E-state index contributed by atoms with van der Waals surface area (Å²) in [4.78, 5) is 17.1. The normalized spacial score (nSPS) is 5.14. The topological polar surface area (TPSA) is 101 Å². The van der Waals surface area contributed by atoms with Gasteiger partial charge < -0.3 is 15.9 Å². The summed E-state index contributed by atoms with van der Waals surface area (Å²) in [6.07, 6.45) is -1.33. The molecule has 0 aliphatic heterocycles. The van der Waals surface area contributed by atoms with E-state index < -0.39 is 6.09 Å². The Hall–Kier alpha value is -1.26. The van der Waals surface area contributed by atoms with E-state index in [1.807, 2.05) is 0 Å². The van der Waals surface area contributed by atoms with Crippen LogP contribution in [0.1, 0.15) is 0 Å². The SMILES string of the molecule is NC(=O)O.O=CO. The highest BCUT2D eigenvalue weighted by molar-refractivity contribution is 5.61. The number of primary amides is 1. The van der Waals surface area contributed by atoms with E-state index in [1.165, 1.54) is 0 Å². The van der Waals surface area contributed by atoms with Gasteiger partial charge in [0.05, 0.1) is 0 Å². The van der Waals surface area contributed by atoms with Crippen molar-refractivity contribution in [2.24, 2.45) is 5.73 Å². The summed E-state index contributed by atoms with van der Waals surface area (Å²) < 4.78 is 0. The van der Waals surface area contributed by atoms with Gasteiger partial charge in [0.1, 0.15) is 0 Å². The molecule has 0 saturated carbocycles. The van der Waals surface area contributed by atoms with Crippen LogP contribution in [0.3, 0.4) is 0 Å². The van der Waals surface area contributed by atoms with E-state index in [0.717, 1.165) is 0 Å². The van der Waals surface area contributed by atoms with Crippen molar-refractivity contribution in [2.45, 2.75) is 0 Å². The third-order valence-corrected chi connectivity index (χ3v) is 0. The molecule has 0 aliphatic carbocycles. The minimum atomic E-state index is -1.33. The number of carboxylic acid groups (broad SMARTS) is 2. The lowest BCUT2D eigenvalue weighted by atomic mass is 11.3. The molecule has 0 aliphatic rings. The summed E-state index contributed by atoms with van der Waals surface area (Å²) in [5, 5.41) is 14.1. The Morgan fingerprint density at radius 3 is 1.71 bits per heavy atom. The van der Waals surface area contributed by atoms with E-state index in [9.17, 15) is 0 Å². The summed E-state index contributed by atoms with van der Waals surface area (Å²) in [6, 6.07) is 0. The van der Waals surface area contributed by atoms with Gasteiger partial charge in [0, 0.05) is 0 Å². The zero-order chi connectivity index (χ0) is 6.28. The van der Waals surface area contributed by atoms with Crippen LogP contribution in [-0.2, 0) is 4.79 Å². The fourth-order valence-corrected chi connectivity index (χ4v) is 0. The smallest absolute Gasteiger partial charge is 0.402 e. The van der Waals surface area contributed by atoms with Gasteiger partial charge in [-0.05, 0) is 0 Å². The van der Waals surface area contributed by atoms with Crippen molar-refractivity contribution in [3.63, 3.8) is 0 Å². The third-order valence-electron chi connectivity index (χ3n) is 0. The highest BCUT2D eigenvalue weighted by Gasteiger charge is 1.65. The monoisotopic (exact) mass is 107 g/mol. The van der Waals surface area contributed by atoms with Crippen molar-refractivity contribution in [3.05, 3.63) is 0 Å². The zero-order valence-electron chi connectivity index (χ0n) is 3.37. The molecule has 0 spiro atoms. The van der Waals surface area contributed by atoms with Crippen molar-refractivity contribution in [1.29, 1.82) is 0 Å².